The molecule has 2 amide bonds. The van der Waals surface area contributed by atoms with Gasteiger partial charge in [-0.2, -0.15) is 5.26 Å². The largest absolute Gasteiger partial charge is 0.504 e. The van der Waals surface area contributed by atoms with Gasteiger partial charge < -0.3 is 20.9 Å². The third-order valence-electron chi connectivity index (χ3n) is 3.30. The first-order valence-corrected chi connectivity index (χ1v) is 7.14. The number of amides is 2. The molecule has 0 bridgehead atoms. The first kappa shape index (κ1) is 17.6. The fourth-order valence-corrected chi connectivity index (χ4v) is 2.03. The molecule has 0 fully saturated rings. The number of benzene rings is 2. The topological polar surface area (TPSA) is 125 Å². The van der Waals surface area contributed by atoms with Crippen LogP contribution < -0.4 is 15.8 Å². The summed E-state index contributed by atoms with van der Waals surface area (Å²) in [5.41, 5.74) is 6.34. The SMILES string of the molecule is COc1cc(/C=C(\C(N)=O)C(=O)Nc2ccc(C#N)cc2)ccc1O. The second kappa shape index (κ2) is 7.66. The molecular formula is C18H15N3O4. The highest BCUT2D eigenvalue weighted by molar-refractivity contribution is 6.25. The van der Waals surface area contributed by atoms with Gasteiger partial charge in [0, 0.05) is 5.69 Å². The van der Waals surface area contributed by atoms with E-state index in [-0.39, 0.29) is 17.1 Å². The normalized spacial score (nSPS) is 10.6. The van der Waals surface area contributed by atoms with Gasteiger partial charge in [0.15, 0.2) is 11.5 Å². The van der Waals surface area contributed by atoms with Gasteiger partial charge >= 0.3 is 0 Å². The van der Waals surface area contributed by atoms with Crippen molar-refractivity contribution in [1.82, 2.24) is 0 Å². The number of nitrogens with zero attached hydrogens (tertiary/aromatic N) is 1. The number of nitrogens with one attached hydrogen (secondary N) is 1. The van der Waals surface area contributed by atoms with E-state index in [4.69, 9.17) is 15.7 Å². The minimum absolute atomic E-state index is 0.0673. The summed E-state index contributed by atoms with van der Waals surface area (Å²) in [5.74, 6) is -1.46. The molecule has 126 valence electrons. The number of carbonyl (C=O) groups is 2. The number of phenols is 1. The van der Waals surface area contributed by atoms with E-state index >= 15 is 0 Å². The van der Waals surface area contributed by atoms with Crippen molar-refractivity contribution in [2.45, 2.75) is 0 Å². The smallest absolute Gasteiger partial charge is 0.261 e. The third-order valence-corrected chi connectivity index (χ3v) is 3.30. The van der Waals surface area contributed by atoms with Crippen molar-refractivity contribution in [3.63, 3.8) is 0 Å². The summed E-state index contributed by atoms with van der Waals surface area (Å²) in [4.78, 5) is 23.9. The number of primary amides is 1. The van der Waals surface area contributed by atoms with Gasteiger partial charge in [-0.15, -0.1) is 0 Å². The van der Waals surface area contributed by atoms with Crippen LogP contribution in [0.4, 0.5) is 5.69 Å². The highest BCUT2D eigenvalue weighted by atomic mass is 16.5. The lowest BCUT2D eigenvalue weighted by molar-refractivity contribution is -0.119. The molecular weight excluding hydrogens is 322 g/mol. The molecule has 0 heterocycles. The van der Waals surface area contributed by atoms with Crippen molar-refractivity contribution in [3.8, 4) is 17.6 Å². The number of anilines is 1. The van der Waals surface area contributed by atoms with Crippen LogP contribution in [0.3, 0.4) is 0 Å². The molecule has 0 aliphatic carbocycles. The van der Waals surface area contributed by atoms with Crippen molar-refractivity contribution in [2.24, 2.45) is 5.73 Å². The van der Waals surface area contributed by atoms with Crippen LogP contribution in [0.2, 0.25) is 0 Å². The molecule has 0 aliphatic heterocycles. The molecule has 25 heavy (non-hydrogen) atoms. The number of nitrogens with two attached hydrogens (primary N) is 1. The van der Waals surface area contributed by atoms with Crippen LogP contribution in [0.5, 0.6) is 11.5 Å². The molecule has 4 N–H and O–H groups in total. The molecule has 0 spiro atoms. The Labute approximate surface area is 144 Å². The van der Waals surface area contributed by atoms with E-state index < -0.39 is 11.8 Å². The monoisotopic (exact) mass is 337 g/mol. The first-order chi connectivity index (χ1) is 11.9. The molecule has 0 aliphatic rings. The lowest BCUT2D eigenvalue weighted by atomic mass is 10.1. The van der Waals surface area contributed by atoms with Crippen LogP contribution in [0, 0.1) is 11.3 Å². The van der Waals surface area contributed by atoms with Gasteiger partial charge in [-0.25, -0.2) is 0 Å². The molecule has 0 atom stereocenters. The number of carbonyl (C=O) groups excluding carboxylic acids is 2. The maximum absolute atomic E-state index is 12.3. The van der Waals surface area contributed by atoms with Crippen molar-refractivity contribution in [2.75, 3.05) is 12.4 Å². The Kier molecular flexibility index (Phi) is 5.38. The Morgan fingerprint density at radius 3 is 2.48 bits per heavy atom. The molecule has 2 rings (SSSR count). The van der Waals surface area contributed by atoms with E-state index in [1.165, 1.54) is 43.5 Å². The molecule has 0 unspecified atom stereocenters. The molecule has 2 aromatic carbocycles. The van der Waals surface area contributed by atoms with Crippen LogP contribution in [-0.2, 0) is 9.59 Å². The van der Waals surface area contributed by atoms with Crippen LogP contribution in [0.15, 0.2) is 48.0 Å². The molecule has 7 nitrogen and oxygen atoms in total. The Balaban J connectivity index is 2.28. The van der Waals surface area contributed by atoms with Gasteiger partial charge in [0.25, 0.3) is 11.8 Å². The number of hydrogen-bond acceptors (Lipinski definition) is 5. The molecule has 0 saturated carbocycles. The van der Waals surface area contributed by atoms with Crippen LogP contribution in [-0.4, -0.2) is 24.0 Å². The summed E-state index contributed by atoms with van der Waals surface area (Å²) < 4.78 is 4.98. The molecule has 0 aromatic heterocycles. The zero-order chi connectivity index (χ0) is 18.4. The van der Waals surface area contributed by atoms with Crippen LogP contribution in [0.25, 0.3) is 6.08 Å². The summed E-state index contributed by atoms with van der Waals surface area (Å²) in [6, 6.07) is 12.5. The summed E-state index contributed by atoms with van der Waals surface area (Å²) in [7, 11) is 1.38. The van der Waals surface area contributed by atoms with Gasteiger partial charge in [0.2, 0.25) is 0 Å². The van der Waals surface area contributed by atoms with Crippen LogP contribution in [0.1, 0.15) is 11.1 Å². The highest BCUT2D eigenvalue weighted by Crippen LogP contribution is 2.27. The minimum atomic E-state index is -0.904. The second-order valence-corrected chi connectivity index (χ2v) is 5.00. The molecule has 0 saturated heterocycles. The number of nitriles is 1. The number of methoxy groups -OCH3 is 1. The van der Waals surface area contributed by atoms with E-state index in [1.807, 2.05) is 6.07 Å². The number of rotatable bonds is 5. The van der Waals surface area contributed by atoms with Gasteiger partial charge in [-0.3, -0.25) is 9.59 Å². The summed E-state index contributed by atoms with van der Waals surface area (Å²) in [6.45, 7) is 0. The predicted molar refractivity (Wildman–Crippen MR) is 91.6 cm³/mol. The number of hydrogen-bond donors (Lipinski definition) is 3. The molecule has 7 heteroatoms. The summed E-state index contributed by atoms with van der Waals surface area (Å²) in [5, 5.41) is 20.9. The quantitative estimate of drug-likeness (QED) is 0.435. The minimum Gasteiger partial charge on any atom is -0.504 e. The fourth-order valence-electron chi connectivity index (χ4n) is 2.03. The summed E-state index contributed by atoms with van der Waals surface area (Å²) in [6.07, 6.45) is 1.29. The van der Waals surface area contributed by atoms with Crippen molar-refractivity contribution >= 4 is 23.6 Å². The lowest BCUT2D eigenvalue weighted by Crippen LogP contribution is -2.25. The van der Waals surface area contributed by atoms with E-state index in [1.54, 1.807) is 12.1 Å². The van der Waals surface area contributed by atoms with Crippen molar-refractivity contribution < 1.29 is 19.4 Å². The first-order valence-electron chi connectivity index (χ1n) is 7.14. The van der Waals surface area contributed by atoms with Gasteiger partial charge in [-0.05, 0) is 48.0 Å². The fraction of sp³-hybridized carbons (Fsp3) is 0.0556. The average Bonchev–Trinajstić information content (AvgIpc) is 2.61. The Bertz CT molecular complexity index is 880. The number of phenolic OH excluding ortho intramolecular Hbond substituents is 1. The van der Waals surface area contributed by atoms with Gasteiger partial charge in [-0.1, -0.05) is 6.07 Å². The average molecular weight is 337 g/mol. The van der Waals surface area contributed by atoms with Crippen molar-refractivity contribution in [1.29, 1.82) is 5.26 Å². The zero-order valence-corrected chi connectivity index (χ0v) is 13.3. The third kappa shape index (κ3) is 4.36. The zero-order valence-electron chi connectivity index (χ0n) is 13.3. The van der Waals surface area contributed by atoms with Crippen molar-refractivity contribution in [3.05, 3.63) is 59.2 Å². The molecule has 0 radical (unpaired) electrons. The van der Waals surface area contributed by atoms with Gasteiger partial charge in [0.1, 0.15) is 5.57 Å². The Hall–Kier alpha value is -3.79. The lowest BCUT2D eigenvalue weighted by Gasteiger charge is -2.08. The van der Waals surface area contributed by atoms with E-state index in [0.717, 1.165) is 0 Å². The number of ether oxygens (including phenoxy) is 1. The number of aromatic hydroxyl groups is 1. The Morgan fingerprint density at radius 2 is 1.92 bits per heavy atom. The predicted octanol–water partition coefficient (Wildman–Crippen LogP) is 1.78. The second-order valence-electron chi connectivity index (χ2n) is 5.00. The van der Waals surface area contributed by atoms with E-state index in [2.05, 4.69) is 5.32 Å². The molecule has 2 aromatic rings. The Morgan fingerprint density at radius 1 is 1.24 bits per heavy atom. The summed E-state index contributed by atoms with van der Waals surface area (Å²) >= 11 is 0. The van der Waals surface area contributed by atoms with Crippen LogP contribution >= 0.6 is 0 Å². The standard InChI is InChI=1S/C18H15N3O4/c1-25-16-9-12(4-7-15(16)22)8-14(17(20)23)18(24)21-13-5-2-11(10-19)3-6-13/h2-9,22H,1H3,(H2,20,23)(H,21,24)/b14-8+. The maximum Gasteiger partial charge on any atom is 0.261 e. The maximum atomic E-state index is 12.3. The van der Waals surface area contributed by atoms with E-state index in [0.29, 0.717) is 16.8 Å². The highest BCUT2D eigenvalue weighted by Gasteiger charge is 2.16. The van der Waals surface area contributed by atoms with E-state index in [9.17, 15) is 14.7 Å². The van der Waals surface area contributed by atoms with Gasteiger partial charge in [0.05, 0.1) is 18.7 Å².